The van der Waals surface area contributed by atoms with Crippen LogP contribution in [-0.4, -0.2) is 31.1 Å². The van der Waals surface area contributed by atoms with E-state index in [1.165, 1.54) is 19.5 Å². The third kappa shape index (κ3) is 4.12. The van der Waals surface area contributed by atoms with Crippen LogP contribution in [-0.2, 0) is 0 Å². The van der Waals surface area contributed by atoms with Crippen molar-refractivity contribution in [3.05, 3.63) is 29.3 Å². The predicted octanol–water partition coefficient (Wildman–Crippen LogP) is 4.12. The van der Waals surface area contributed by atoms with Gasteiger partial charge in [0.15, 0.2) is 0 Å². The molecule has 1 aliphatic rings. The lowest BCUT2D eigenvalue weighted by Crippen LogP contribution is -2.29. The Labute approximate surface area is 122 Å². The molecule has 1 fully saturated rings. The van der Waals surface area contributed by atoms with Crippen molar-refractivity contribution >= 4 is 17.3 Å². The summed E-state index contributed by atoms with van der Waals surface area (Å²) in [6, 6.07) is 7.93. The van der Waals surface area contributed by atoms with E-state index in [0.717, 1.165) is 29.7 Å². The van der Waals surface area contributed by atoms with Crippen LogP contribution in [0.3, 0.4) is 0 Å². The van der Waals surface area contributed by atoms with Gasteiger partial charge in [0.05, 0.1) is 10.7 Å². The molecule has 0 spiro atoms. The van der Waals surface area contributed by atoms with Crippen molar-refractivity contribution in [1.29, 1.82) is 0 Å². The normalized spacial score (nSPS) is 20.7. The summed E-state index contributed by atoms with van der Waals surface area (Å²) in [6.45, 7) is 11.6. The number of para-hydroxylation sites is 1. The lowest BCUT2D eigenvalue weighted by molar-refractivity contribution is 0.232. The molecule has 1 aromatic carbocycles. The van der Waals surface area contributed by atoms with Crippen LogP contribution in [0, 0.1) is 11.3 Å². The van der Waals surface area contributed by atoms with Crippen LogP contribution in [0.4, 0.5) is 5.69 Å². The number of nitrogens with one attached hydrogen (secondary N) is 1. The molecule has 2 nitrogen and oxygen atoms in total. The van der Waals surface area contributed by atoms with Gasteiger partial charge in [-0.05, 0) is 36.4 Å². The van der Waals surface area contributed by atoms with E-state index < -0.39 is 0 Å². The Kier molecular flexibility index (Phi) is 4.75. The quantitative estimate of drug-likeness (QED) is 0.892. The summed E-state index contributed by atoms with van der Waals surface area (Å²) in [5.41, 5.74) is 1.47. The summed E-state index contributed by atoms with van der Waals surface area (Å²) in [7, 11) is 0. The van der Waals surface area contributed by atoms with Gasteiger partial charge in [0, 0.05) is 19.6 Å². The average Bonchev–Trinajstić information content (AvgIpc) is 2.80. The first-order valence-electron chi connectivity index (χ1n) is 7.17. The summed E-state index contributed by atoms with van der Waals surface area (Å²) in [5, 5.41) is 4.22. The Morgan fingerprint density at radius 1 is 1.32 bits per heavy atom. The molecule has 1 atom stereocenters. The zero-order valence-corrected chi connectivity index (χ0v) is 13.0. The molecule has 0 saturated carbocycles. The molecule has 0 aromatic heterocycles. The van der Waals surface area contributed by atoms with Crippen molar-refractivity contribution < 1.29 is 0 Å². The summed E-state index contributed by atoms with van der Waals surface area (Å²) in [6.07, 6.45) is 1.33. The van der Waals surface area contributed by atoms with E-state index in [9.17, 15) is 0 Å². The van der Waals surface area contributed by atoms with Crippen molar-refractivity contribution in [2.75, 3.05) is 31.5 Å². The molecular weight excluding hydrogens is 256 g/mol. The number of likely N-dealkylation sites (tertiary alicyclic amines) is 1. The molecule has 1 unspecified atom stereocenters. The molecular formula is C16H25ClN2. The molecule has 0 bridgehead atoms. The van der Waals surface area contributed by atoms with Crippen molar-refractivity contribution in [2.45, 2.75) is 27.2 Å². The van der Waals surface area contributed by atoms with Gasteiger partial charge in [0.2, 0.25) is 0 Å². The lowest BCUT2D eigenvalue weighted by atomic mass is 9.80. The fourth-order valence-electron chi connectivity index (χ4n) is 2.70. The molecule has 1 aliphatic heterocycles. The van der Waals surface area contributed by atoms with E-state index >= 15 is 0 Å². The van der Waals surface area contributed by atoms with Crippen LogP contribution in [0.1, 0.15) is 27.2 Å². The Morgan fingerprint density at radius 3 is 2.68 bits per heavy atom. The summed E-state index contributed by atoms with van der Waals surface area (Å²) >= 11 is 6.13. The number of nitrogens with zero attached hydrogens (tertiary/aromatic N) is 1. The highest BCUT2D eigenvalue weighted by Crippen LogP contribution is 2.33. The first-order chi connectivity index (χ1) is 8.97. The zero-order chi connectivity index (χ0) is 13.9. The minimum atomic E-state index is 0.435. The molecule has 19 heavy (non-hydrogen) atoms. The molecule has 0 aliphatic carbocycles. The van der Waals surface area contributed by atoms with Gasteiger partial charge in [0.25, 0.3) is 0 Å². The highest BCUT2D eigenvalue weighted by atomic mass is 35.5. The lowest BCUT2D eigenvalue weighted by Gasteiger charge is -2.27. The first-order valence-corrected chi connectivity index (χ1v) is 7.55. The van der Waals surface area contributed by atoms with Crippen molar-refractivity contribution in [2.24, 2.45) is 11.3 Å². The molecule has 1 saturated heterocycles. The van der Waals surface area contributed by atoms with Crippen LogP contribution in [0.2, 0.25) is 5.02 Å². The van der Waals surface area contributed by atoms with Gasteiger partial charge in [-0.15, -0.1) is 0 Å². The standard InChI is InChI=1S/C16H25ClN2/c1-16(2,3)13-8-10-19(12-13)11-9-18-15-7-5-4-6-14(15)17/h4-7,13,18H,8-12H2,1-3H3. The smallest absolute Gasteiger partial charge is 0.0637 e. The van der Waals surface area contributed by atoms with Gasteiger partial charge in [-0.3, -0.25) is 0 Å². The number of hydrogen-bond acceptors (Lipinski definition) is 2. The van der Waals surface area contributed by atoms with Gasteiger partial charge in [0.1, 0.15) is 0 Å². The maximum atomic E-state index is 6.13. The number of benzene rings is 1. The fraction of sp³-hybridized carbons (Fsp3) is 0.625. The van der Waals surface area contributed by atoms with Crippen LogP contribution >= 0.6 is 11.6 Å². The highest BCUT2D eigenvalue weighted by Gasteiger charge is 2.31. The molecule has 3 heteroatoms. The number of anilines is 1. The third-order valence-corrected chi connectivity index (χ3v) is 4.44. The van der Waals surface area contributed by atoms with Gasteiger partial charge in [-0.25, -0.2) is 0 Å². The van der Waals surface area contributed by atoms with Gasteiger partial charge in [-0.2, -0.15) is 0 Å². The summed E-state index contributed by atoms with van der Waals surface area (Å²) in [4.78, 5) is 2.56. The van der Waals surface area contributed by atoms with E-state index in [1.807, 2.05) is 24.3 Å². The molecule has 2 rings (SSSR count). The van der Waals surface area contributed by atoms with E-state index in [2.05, 4.69) is 31.0 Å². The second kappa shape index (κ2) is 6.15. The summed E-state index contributed by atoms with van der Waals surface area (Å²) in [5.74, 6) is 0.827. The monoisotopic (exact) mass is 280 g/mol. The van der Waals surface area contributed by atoms with E-state index in [1.54, 1.807) is 0 Å². The Morgan fingerprint density at radius 2 is 2.05 bits per heavy atom. The Balaban J connectivity index is 1.74. The summed E-state index contributed by atoms with van der Waals surface area (Å²) < 4.78 is 0. The predicted molar refractivity (Wildman–Crippen MR) is 83.9 cm³/mol. The molecule has 0 radical (unpaired) electrons. The fourth-order valence-corrected chi connectivity index (χ4v) is 2.90. The maximum Gasteiger partial charge on any atom is 0.0637 e. The van der Waals surface area contributed by atoms with E-state index in [4.69, 9.17) is 11.6 Å². The van der Waals surface area contributed by atoms with Crippen molar-refractivity contribution in [1.82, 2.24) is 4.90 Å². The average molecular weight is 281 g/mol. The highest BCUT2D eigenvalue weighted by molar-refractivity contribution is 6.33. The molecule has 0 amide bonds. The van der Waals surface area contributed by atoms with Crippen LogP contribution in [0.25, 0.3) is 0 Å². The topological polar surface area (TPSA) is 15.3 Å². The SMILES string of the molecule is CC(C)(C)C1CCN(CCNc2ccccc2Cl)C1. The van der Waals surface area contributed by atoms with Crippen LogP contribution in [0.15, 0.2) is 24.3 Å². The van der Waals surface area contributed by atoms with E-state index in [0.29, 0.717) is 5.41 Å². The van der Waals surface area contributed by atoms with E-state index in [-0.39, 0.29) is 0 Å². The minimum absolute atomic E-state index is 0.435. The third-order valence-electron chi connectivity index (χ3n) is 4.11. The molecule has 1 N–H and O–H groups in total. The van der Waals surface area contributed by atoms with Gasteiger partial charge in [-0.1, -0.05) is 44.5 Å². The Hall–Kier alpha value is -0.730. The molecule has 1 aromatic rings. The minimum Gasteiger partial charge on any atom is -0.383 e. The Bertz CT molecular complexity index is 411. The first kappa shape index (κ1) is 14.7. The molecule has 1 heterocycles. The van der Waals surface area contributed by atoms with Gasteiger partial charge < -0.3 is 10.2 Å². The number of rotatable bonds is 4. The number of halogens is 1. The second-order valence-electron chi connectivity index (χ2n) is 6.56. The maximum absolute atomic E-state index is 6.13. The van der Waals surface area contributed by atoms with Crippen LogP contribution < -0.4 is 5.32 Å². The largest absolute Gasteiger partial charge is 0.383 e. The second-order valence-corrected chi connectivity index (χ2v) is 6.97. The van der Waals surface area contributed by atoms with Crippen LogP contribution in [0.5, 0.6) is 0 Å². The molecule has 106 valence electrons. The van der Waals surface area contributed by atoms with Crippen molar-refractivity contribution in [3.8, 4) is 0 Å². The number of hydrogen-bond donors (Lipinski definition) is 1. The zero-order valence-electron chi connectivity index (χ0n) is 12.2. The van der Waals surface area contributed by atoms with Gasteiger partial charge >= 0.3 is 0 Å². The van der Waals surface area contributed by atoms with Crippen molar-refractivity contribution in [3.63, 3.8) is 0 Å².